The van der Waals surface area contributed by atoms with Crippen LogP contribution in [0.25, 0.3) is 0 Å². The highest BCUT2D eigenvalue weighted by Gasteiger charge is 1.99. The van der Waals surface area contributed by atoms with Crippen molar-refractivity contribution in [1.82, 2.24) is 0 Å². The molecule has 0 aliphatic heterocycles. The summed E-state index contributed by atoms with van der Waals surface area (Å²) in [6.45, 7) is 8.15. The Bertz CT molecular complexity index is 261. The lowest BCUT2D eigenvalue weighted by molar-refractivity contribution is 0.669. The Morgan fingerprint density at radius 3 is 2.38 bits per heavy atom. The van der Waals surface area contributed by atoms with Crippen LogP contribution in [0.15, 0.2) is 41.4 Å². The van der Waals surface area contributed by atoms with Crippen LogP contribution in [-0.4, -0.2) is 0 Å². The van der Waals surface area contributed by atoms with Gasteiger partial charge in [0.15, 0.2) is 5.83 Å². The van der Waals surface area contributed by atoms with E-state index in [0.717, 1.165) is 5.57 Å². The average molecular weight is 180 g/mol. The van der Waals surface area contributed by atoms with Crippen molar-refractivity contribution in [2.24, 2.45) is 5.92 Å². The Hall–Kier alpha value is -1.07. The molecule has 0 heterocycles. The van der Waals surface area contributed by atoms with E-state index in [9.17, 15) is 4.39 Å². The summed E-state index contributed by atoms with van der Waals surface area (Å²) in [5.74, 6) is 0.132. The van der Waals surface area contributed by atoms with Gasteiger partial charge in [-0.15, -0.1) is 0 Å². The Labute approximate surface area is 80.2 Å². The van der Waals surface area contributed by atoms with Crippen molar-refractivity contribution in [1.29, 1.82) is 0 Å². The molecule has 1 aliphatic rings. The molecule has 0 atom stereocenters. The van der Waals surface area contributed by atoms with Gasteiger partial charge in [0, 0.05) is 0 Å². The molecule has 0 aromatic carbocycles. The average Bonchev–Trinajstić information content (AvgIpc) is 2.33. The first-order valence-corrected chi connectivity index (χ1v) is 4.70. The summed E-state index contributed by atoms with van der Waals surface area (Å²) in [7, 11) is 0. The molecule has 0 aromatic heterocycles. The van der Waals surface area contributed by atoms with Gasteiger partial charge in [-0.2, -0.15) is 4.39 Å². The molecule has 0 nitrogen and oxygen atoms in total. The fraction of sp³-hybridized carbons (Fsp3) is 0.417. The van der Waals surface area contributed by atoms with Crippen LogP contribution in [0.1, 0.15) is 27.7 Å². The normalized spacial score (nSPS) is 14.3. The standard InChI is InChI=1S/C10H11F.C2H6/c1-8(2)9-4-3-5-10(11)7-6-9;1-2/h3-4,6-8H,1-2H3;1-2H3. The van der Waals surface area contributed by atoms with Gasteiger partial charge in [-0.05, 0) is 23.6 Å². The maximum Gasteiger partial charge on any atom is 0.165 e. The van der Waals surface area contributed by atoms with Crippen LogP contribution in [0, 0.1) is 5.92 Å². The highest BCUT2D eigenvalue weighted by atomic mass is 19.1. The van der Waals surface area contributed by atoms with Gasteiger partial charge in [-0.1, -0.05) is 45.6 Å². The van der Waals surface area contributed by atoms with Crippen LogP contribution < -0.4 is 0 Å². The molecule has 0 fully saturated rings. The van der Waals surface area contributed by atoms with Crippen molar-refractivity contribution in [3.05, 3.63) is 41.4 Å². The second kappa shape index (κ2) is 6.45. The molecule has 0 aromatic rings. The van der Waals surface area contributed by atoms with E-state index in [1.165, 1.54) is 6.08 Å². The highest BCUT2D eigenvalue weighted by Crippen LogP contribution is 2.14. The van der Waals surface area contributed by atoms with Crippen LogP contribution in [0.5, 0.6) is 0 Å². The SMILES string of the molecule is CC.CC(C)C1=CC=C=C(F)C=C1. The minimum atomic E-state index is -0.308. The van der Waals surface area contributed by atoms with Crippen LogP contribution in [0.4, 0.5) is 4.39 Å². The van der Waals surface area contributed by atoms with Gasteiger partial charge in [0.2, 0.25) is 0 Å². The summed E-state index contributed by atoms with van der Waals surface area (Å²) >= 11 is 0. The number of rotatable bonds is 1. The van der Waals surface area contributed by atoms with Crippen molar-refractivity contribution in [2.75, 3.05) is 0 Å². The van der Waals surface area contributed by atoms with Crippen LogP contribution in [0.3, 0.4) is 0 Å². The van der Waals surface area contributed by atoms with Gasteiger partial charge in [-0.3, -0.25) is 0 Å². The minimum absolute atomic E-state index is 0.308. The second-order valence-electron chi connectivity index (χ2n) is 2.81. The Morgan fingerprint density at radius 1 is 1.23 bits per heavy atom. The van der Waals surface area contributed by atoms with Gasteiger partial charge >= 0.3 is 0 Å². The van der Waals surface area contributed by atoms with E-state index < -0.39 is 0 Å². The molecular formula is C12H17F. The van der Waals surface area contributed by atoms with Gasteiger partial charge in [0.05, 0.1) is 0 Å². The summed E-state index contributed by atoms with van der Waals surface area (Å²) in [4.78, 5) is 0. The molecule has 0 amide bonds. The van der Waals surface area contributed by atoms with Gasteiger partial charge in [-0.25, -0.2) is 0 Å². The summed E-state index contributed by atoms with van der Waals surface area (Å²) < 4.78 is 12.5. The van der Waals surface area contributed by atoms with E-state index in [-0.39, 0.29) is 5.83 Å². The van der Waals surface area contributed by atoms with Crippen molar-refractivity contribution in [2.45, 2.75) is 27.7 Å². The minimum Gasteiger partial charge on any atom is -0.198 e. The van der Waals surface area contributed by atoms with Gasteiger partial charge in [0.25, 0.3) is 0 Å². The third kappa shape index (κ3) is 4.49. The zero-order valence-corrected chi connectivity index (χ0v) is 8.76. The quantitative estimate of drug-likeness (QED) is 0.531. The molecule has 1 heteroatoms. The summed E-state index contributed by atoms with van der Waals surface area (Å²) in [5.41, 5.74) is 3.62. The lowest BCUT2D eigenvalue weighted by Gasteiger charge is -2.02. The van der Waals surface area contributed by atoms with E-state index in [4.69, 9.17) is 0 Å². The van der Waals surface area contributed by atoms with Gasteiger partial charge < -0.3 is 0 Å². The first kappa shape index (κ1) is 11.9. The van der Waals surface area contributed by atoms with E-state index in [1.807, 2.05) is 19.9 Å². The zero-order valence-electron chi connectivity index (χ0n) is 8.76. The zero-order chi connectivity index (χ0) is 10.3. The number of hydrogen-bond donors (Lipinski definition) is 0. The fourth-order valence-electron chi connectivity index (χ4n) is 0.875. The molecule has 0 saturated carbocycles. The Kier molecular flexibility index (Phi) is 5.92. The van der Waals surface area contributed by atoms with Crippen molar-refractivity contribution in [3.63, 3.8) is 0 Å². The fourth-order valence-corrected chi connectivity index (χ4v) is 0.875. The molecular weight excluding hydrogens is 163 g/mol. The molecule has 0 saturated heterocycles. The highest BCUT2D eigenvalue weighted by molar-refractivity contribution is 5.32. The monoisotopic (exact) mass is 180 g/mol. The van der Waals surface area contributed by atoms with Gasteiger partial charge in [0.1, 0.15) is 0 Å². The third-order valence-electron chi connectivity index (χ3n) is 1.59. The second-order valence-corrected chi connectivity index (χ2v) is 2.81. The Balaban J connectivity index is 0.000000671. The molecule has 0 radical (unpaired) electrons. The van der Waals surface area contributed by atoms with Crippen LogP contribution >= 0.6 is 0 Å². The first-order valence-electron chi connectivity index (χ1n) is 4.70. The topological polar surface area (TPSA) is 0 Å². The summed E-state index contributed by atoms with van der Waals surface area (Å²) in [5, 5.41) is 0. The lowest BCUT2D eigenvalue weighted by Crippen LogP contribution is -1.88. The molecule has 0 spiro atoms. The van der Waals surface area contributed by atoms with Crippen LogP contribution in [-0.2, 0) is 0 Å². The van der Waals surface area contributed by atoms with Crippen molar-refractivity contribution >= 4 is 0 Å². The van der Waals surface area contributed by atoms with E-state index in [0.29, 0.717) is 5.92 Å². The van der Waals surface area contributed by atoms with E-state index in [1.54, 1.807) is 12.2 Å². The van der Waals surface area contributed by atoms with E-state index in [2.05, 4.69) is 19.6 Å². The molecule has 0 bridgehead atoms. The number of allylic oxidation sites excluding steroid dienone is 5. The van der Waals surface area contributed by atoms with E-state index >= 15 is 0 Å². The first-order chi connectivity index (χ1) is 6.20. The molecule has 1 rings (SSSR count). The molecule has 0 unspecified atom stereocenters. The number of halogens is 1. The molecule has 0 N–H and O–H groups in total. The lowest BCUT2D eigenvalue weighted by atomic mass is 10.0. The smallest absolute Gasteiger partial charge is 0.165 e. The Morgan fingerprint density at radius 2 is 1.85 bits per heavy atom. The maximum atomic E-state index is 12.5. The largest absolute Gasteiger partial charge is 0.198 e. The maximum absolute atomic E-state index is 12.5. The summed E-state index contributed by atoms with van der Waals surface area (Å²) in [6.07, 6.45) is 6.73. The predicted octanol–water partition coefficient (Wildman–Crippen LogP) is 4.17. The third-order valence-corrected chi connectivity index (χ3v) is 1.59. The number of hydrogen-bond acceptors (Lipinski definition) is 0. The molecule has 72 valence electrons. The van der Waals surface area contributed by atoms with Crippen molar-refractivity contribution < 1.29 is 4.39 Å². The molecule has 1 aliphatic carbocycles. The van der Waals surface area contributed by atoms with Crippen molar-refractivity contribution in [3.8, 4) is 0 Å². The van der Waals surface area contributed by atoms with Crippen LogP contribution in [0.2, 0.25) is 0 Å². The molecule has 13 heavy (non-hydrogen) atoms. The summed E-state index contributed by atoms with van der Waals surface area (Å²) in [6, 6.07) is 0. The predicted molar refractivity (Wildman–Crippen MR) is 56.1 cm³/mol.